The fourth-order valence-corrected chi connectivity index (χ4v) is 5.07. The minimum atomic E-state index is -3.77. The van der Waals surface area contributed by atoms with Gasteiger partial charge in [0.05, 0.1) is 15.5 Å². The number of carbonyl (C=O) groups is 1. The highest BCUT2D eigenvalue weighted by molar-refractivity contribution is 7.89. The predicted octanol–water partition coefficient (Wildman–Crippen LogP) is 4.09. The summed E-state index contributed by atoms with van der Waals surface area (Å²) < 4.78 is 62.1. The van der Waals surface area contributed by atoms with Gasteiger partial charge in [-0.05, 0) is 43.2 Å². The number of ether oxygens (including phenoxy) is 2. The van der Waals surface area contributed by atoms with Gasteiger partial charge in [0.2, 0.25) is 10.0 Å². The van der Waals surface area contributed by atoms with Crippen LogP contribution < -0.4 is 14.8 Å². The number of alkyl halides is 2. The van der Waals surface area contributed by atoms with Crippen molar-refractivity contribution in [2.24, 2.45) is 0 Å². The molecule has 4 rings (SSSR count). The van der Waals surface area contributed by atoms with Crippen LogP contribution in [0.3, 0.4) is 0 Å². The van der Waals surface area contributed by atoms with E-state index in [4.69, 9.17) is 11.6 Å². The lowest BCUT2D eigenvalue weighted by Gasteiger charge is -2.26. The fraction of sp³-hybridized carbons (Fsp3) is 0.316. The molecule has 1 fully saturated rings. The van der Waals surface area contributed by atoms with E-state index in [1.165, 1.54) is 40.7 Å². The molecule has 2 heterocycles. The minimum absolute atomic E-state index is 0.0377. The molecule has 160 valence electrons. The number of hydrogen-bond acceptors (Lipinski definition) is 5. The van der Waals surface area contributed by atoms with E-state index in [2.05, 4.69) is 14.8 Å². The molecular weight excluding hydrogens is 442 g/mol. The maximum Gasteiger partial charge on any atom is 0.586 e. The van der Waals surface area contributed by atoms with Crippen LogP contribution in [0.1, 0.15) is 29.6 Å². The van der Waals surface area contributed by atoms with Crippen LogP contribution in [0.2, 0.25) is 5.02 Å². The van der Waals surface area contributed by atoms with Gasteiger partial charge in [-0.2, -0.15) is 4.31 Å². The van der Waals surface area contributed by atoms with Crippen molar-refractivity contribution in [2.75, 3.05) is 18.4 Å². The Labute approximate surface area is 176 Å². The average Bonchev–Trinajstić information content (AvgIpc) is 3.01. The summed E-state index contributed by atoms with van der Waals surface area (Å²) in [5.41, 5.74) is 0.0955. The number of hydrogen-bond donors (Lipinski definition) is 1. The standard InChI is InChI=1S/C19H17ClF2N2O5S/c20-15-6-5-13(30(26,27)24-8-2-1-3-9-24)11-14(15)18(25)23-12-4-7-16-17(10-12)29-19(21,22)28-16/h4-7,10-11H,1-3,8-9H2,(H,23,25). The fourth-order valence-electron chi connectivity index (χ4n) is 3.32. The van der Waals surface area contributed by atoms with Crippen molar-refractivity contribution in [1.82, 2.24) is 4.31 Å². The van der Waals surface area contributed by atoms with Crippen molar-refractivity contribution in [3.8, 4) is 11.5 Å². The SMILES string of the molecule is O=C(Nc1ccc2c(c1)OC(F)(F)O2)c1cc(S(=O)(=O)N2CCCCC2)ccc1Cl. The van der Waals surface area contributed by atoms with Crippen LogP contribution in [0.15, 0.2) is 41.3 Å². The molecule has 1 amide bonds. The monoisotopic (exact) mass is 458 g/mol. The molecule has 0 atom stereocenters. The Balaban J connectivity index is 1.57. The molecule has 0 aromatic heterocycles. The molecule has 0 aliphatic carbocycles. The number of nitrogens with zero attached hydrogens (tertiary/aromatic N) is 1. The lowest BCUT2D eigenvalue weighted by molar-refractivity contribution is -0.286. The topological polar surface area (TPSA) is 84.9 Å². The highest BCUT2D eigenvalue weighted by Gasteiger charge is 2.43. The van der Waals surface area contributed by atoms with Crippen molar-refractivity contribution in [2.45, 2.75) is 30.5 Å². The van der Waals surface area contributed by atoms with Gasteiger partial charge in [-0.15, -0.1) is 8.78 Å². The third kappa shape index (κ3) is 4.07. The molecule has 2 aliphatic heterocycles. The lowest BCUT2D eigenvalue weighted by Crippen LogP contribution is -2.35. The molecule has 11 heteroatoms. The van der Waals surface area contributed by atoms with Crippen molar-refractivity contribution in [3.63, 3.8) is 0 Å². The van der Waals surface area contributed by atoms with Gasteiger partial charge < -0.3 is 14.8 Å². The number of anilines is 1. The van der Waals surface area contributed by atoms with Crippen LogP contribution in [0.25, 0.3) is 0 Å². The molecule has 7 nitrogen and oxygen atoms in total. The third-order valence-electron chi connectivity index (χ3n) is 4.79. The van der Waals surface area contributed by atoms with E-state index < -0.39 is 22.2 Å². The number of sulfonamides is 1. The first-order valence-electron chi connectivity index (χ1n) is 9.17. The summed E-state index contributed by atoms with van der Waals surface area (Å²) in [7, 11) is -3.75. The zero-order valence-electron chi connectivity index (χ0n) is 15.5. The lowest BCUT2D eigenvalue weighted by atomic mass is 10.2. The second-order valence-corrected chi connectivity index (χ2v) is 9.23. The Bertz CT molecular complexity index is 1100. The van der Waals surface area contributed by atoms with Gasteiger partial charge in [-0.1, -0.05) is 18.0 Å². The molecule has 2 aliphatic rings. The molecule has 0 unspecified atom stereocenters. The zero-order valence-corrected chi connectivity index (χ0v) is 17.1. The van der Waals surface area contributed by atoms with E-state index in [9.17, 15) is 22.0 Å². The molecule has 1 saturated heterocycles. The molecule has 2 aromatic carbocycles. The molecule has 30 heavy (non-hydrogen) atoms. The largest absolute Gasteiger partial charge is 0.586 e. The van der Waals surface area contributed by atoms with E-state index >= 15 is 0 Å². The zero-order chi connectivity index (χ0) is 21.5. The molecule has 0 saturated carbocycles. The third-order valence-corrected chi connectivity index (χ3v) is 7.02. The number of benzene rings is 2. The van der Waals surface area contributed by atoms with Crippen LogP contribution in [0, 0.1) is 0 Å². The first-order valence-corrected chi connectivity index (χ1v) is 11.0. The number of amides is 1. The molecule has 1 N–H and O–H groups in total. The Kier molecular flexibility index (Phi) is 5.33. The van der Waals surface area contributed by atoms with Crippen LogP contribution in [0.4, 0.5) is 14.5 Å². The second-order valence-electron chi connectivity index (χ2n) is 6.89. The van der Waals surface area contributed by atoms with E-state index in [-0.39, 0.29) is 32.7 Å². The summed E-state index contributed by atoms with van der Waals surface area (Å²) in [5, 5.41) is 2.56. The van der Waals surface area contributed by atoms with E-state index in [0.717, 1.165) is 19.3 Å². The summed E-state index contributed by atoms with van der Waals surface area (Å²) in [6.07, 6.45) is -1.24. The van der Waals surface area contributed by atoms with Crippen LogP contribution >= 0.6 is 11.6 Å². The van der Waals surface area contributed by atoms with Crippen LogP contribution in [0.5, 0.6) is 11.5 Å². The molecular formula is C19H17ClF2N2O5S. The summed E-state index contributed by atoms with van der Waals surface area (Å²) in [4.78, 5) is 12.7. The highest BCUT2D eigenvalue weighted by Crippen LogP contribution is 2.42. The number of rotatable bonds is 4. The number of fused-ring (bicyclic) bond motifs is 1. The Morgan fingerprint density at radius 3 is 2.47 bits per heavy atom. The van der Waals surface area contributed by atoms with Crippen molar-refractivity contribution in [3.05, 3.63) is 47.0 Å². The van der Waals surface area contributed by atoms with E-state index in [1.54, 1.807) is 0 Å². The minimum Gasteiger partial charge on any atom is -0.395 e. The Morgan fingerprint density at radius 2 is 1.73 bits per heavy atom. The van der Waals surface area contributed by atoms with Gasteiger partial charge in [-0.3, -0.25) is 4.79 Å². The Morgan fingerprint density at radius 1 is 1.03 bits per heavy atom. The van der Waals surface area contributed by atoms with Gasteiger partial charge in [0.25, 0.3) is 5.91 Å². The molecule has 0 bridgehead atoms. The highest BCUT2D eigenvalue weighted by atomic mass is 35.5. The van der Waals surface area contributed by atoms with E-state index in [1.807, 2.05) is 0 Å². The Hall–Kier alpha value is -2.43. The summed E-state index contributed by atoms with van der Waals surface area (Å²) in [5.74, 6) is -1.09. The van der Waals surface area contributed by atoms with E-state index in [0.29, 0.717) is 13.1 Å². The quantitative estimate of drug-likeness (QED) is 0.746. The first kappa shape index (κ1) is 20.8. The predicted molar refractivity (Wildman–Crippen MR) is 105 cm³/mol. The average molecular weight is 459 g/mol. The molecule has 2 aromatic rings. The van der Waals surface area contributed by atoms with Gasteiger partial charge in [0.1, 0.15) is 0 Å². The number of halogens is 3. The van der Waals surface area contributed by atoms with Crippen LogP contribution in [-0.2, 0) is 10.0 Å². The normalized spacial score (nSPS) is 18.2. The summed E-state index contributed by atoms with van der Waals surface area (Å²) >= 11 is 6.11. The van der Waals surface area contributed by atoms with Gasteiger partial charge >= 0.3 is 6.29 Å². The second kappa shape index (κ2) is 7.68. The smallest absolute Gasteiger partial charge is 0.395 e. The van der Waals surface area contributed by atoms with Crippen LogP contribution in [-0.4, -0.2) is 38.0 Å². The maximum atomic E-state index is 13.1. The summed E-state index contributed by atoms with van der Waals surface area (Å²) in [6.45, 7) is 0.850. The van der Waals surface area contributed by atoms with Gasteiger partial charge in [0, 0.05) is 24.8 Å². The number of piperidine rings is 1. The molecule has 0 spiro atoms. The number of carbonyl (C=O) groups excluding carboxylic acids is 1. The van der Waals surface area contributed by atoms with Gasteiger partial charge in [0.15, 0.2) is 11.5 Å². The van der Waals surface area contributed by atoms with Crippen molar-refractivity contribution in [1.29, 1.82) is 0 Å². The van der Waals surface area contributed by atoms with Gasteiger partial charge in [-0.25, -0.2) is 8.42 Å². The van der Waals surface area contributed by atoms with Crippen molar-refractivity contribution < 1.29 is 31.5 Å². The first-order chi connectivity index (χ1) is 14.2. The summed E-state index contributed by atoms with van der Waals surface area (Å²) in [6, 6.07) is 7.66. The van der Waals surface area contributed by atoms with Crippen molar-refractivity contribution >= 4 is 33.2 Å². The maximum absolute atomic E-state index is 13.1. The number of nitrogens with one attached hydrogen (secondary N) is 1. The molecule has 0 radical (unpaired) electrons.